The zero-order valence-electron chi connectivity index (χ0n) is 9.69. The van der Waals surface area contributed by atoms with E-state index in [0.717, 1.165) is 4.90 Å². The van der Waals surface area contributed by atoms with Gasteiger partial charge in [0.15, 0.2) is 6.61 Å². The molecule has 0 saturated heterocycles. The summed E-state index contributed by atoms with van der Waals surface area (Å²) in [6.07, 6.45) is -2.58. The summed E-state index contributed by atoms with van der Waals surface area (Å²) in [4.78, 5) is 12.7. The van der Waals surface area contributed by atoms with E-state index in [0.29, 0.717) is 5.75 Å². The first-order chi connectivity index (χ1) is 8.63. The van der Waals surface area contributed by atoms with Gasteiger partial charge in [-0.3, -0.25) is 4.79 Å². The molecule has 0 radical (unpaired) electrons. The van der Waals surface area contributed by atoms with Crippen LogP contribution in [-0.4, -0.2) is 42.8 Å². The lowest BCUT2D eigenvalue weighted by atomic mass is 10.3. The average Bonchev–Trinajstić information content (AvgIpc) is 2.36. The number of para-hydroxylation sites is 1. The van der Waals surface area contributed by atoms with Crippen molar-refractivity contribution in [3.8, 4) is 5.75 Å². The number of alkyl halides is 3. The van der Waals surface area contributed by atoms with Gasteiger partial charge in [-0.1, -0.05) is 18.2 Å². The Morgan fingerprint density at radius 1 is 1.33 bits per heavy atom. The minimum atomic E-state index is -2.58. The second-order valence-corrected chi connectivity index (χ2v) is 3.90. The van der Waals surface area contributed by atoms with Crippen LogP contribution in [0.3, 0.4) is 0 Å². The van der Waals surface area contributed by atoms with Crippen LogP contribution in [0.15, 0.2) is 30.3 Å². The van der Waals surface area contributed by atoms with E-state index < -0.39 is 18.9 Å². The van der Waals surface area contributed by atoms with E-state index in [4.69, 9.17) is 16.3 Å². The molecule has 0 heterocycles. The molecule has 18 heavy (non-hydrogen) atoms. The molecule has 6 heteroatoms. The van der Waals surface area contributed by atoms with Gasteiger partial charge in [0.25, 0.3) is 12.3 Å². The number of carbonyl (C=O) groups is 1. The molecule has 0 unspecified atom stereocenters. The predicted octanol–water partition coefficient (Wildman–Crippen LogP) is 2.40. The summed E-state index contributed by atoms with van der Waals surface area (Å²) in [6.45, 7) is -0.805. The molecule has 0 fully saturated rings. The molecule has 0 aliphatic carbocycles. The van der Waals surface area contributed by atoms with Gasteiger partial charge in [0, 0.05) is 12.4 Å². The maximum atomic E-state index is 12.3. The Hall–Kier alpha value is -1.36. The van der Waals surface area contributed by atoms with Gasteiger partial charge in [0.2, 0.25) is 0 Å². The average molecular weight is 278 g/mol. The van der Waals surface area contributed by atoms with Crippen LogP contribution >= 0.6 is 11.6 Å². The standard InChI is InChI=1S/C12H14ClF2NO2/c13-6-7-16(8-11(14)15)12(17)9-18-10-4-2-1-3-5-10/h1-5,11H,6-9H2. The van der Waals surface area contributed by atoms with Gasteiger partial charge in [-0.2, -0.15) is 0 Å². The maximum Gasteiger partial charge on any atom is 0.260 e. The van der Waals surface area contributed by atoms with Crippen molar-refractivity contribution in [2.75, 3.05) is 25.6 Å². The molecule has 3 nitrogen and oxygen atoms in total. The molecule has 1 aromatic rings. The van der Waals surface area contributed by atoms with Crippen LogP contribution in [0.25, 0.3) is 0 Å². The second kappa shape index (κ2) is 7.87. The smallest absolute Gasteiger partial charge is 0.260 e. The van der Waals surface area contributed by atoms with E-state index in [2.05, 4.69) is 0 Å². The lowest BCUT2D eigenvalue weighted by Gasteiger charge is -2.21. The first-order valence-corrected chi connectivity index (χ1v) is 5.96. The Bertz CT molecular complexity index is 362. The van der Waals surface area contributed by atoms with Gasteiger partial charge in [0.1, 0.15) is 5.75 Å². The minimum Gasteiger partial charge on any atom is -0.484 e. The van der Waals surface area contributed by atoms with E-state index >= 15 is 0 Å². The molecule has 100 valence electrons. The number of nitrogens with zero attached hydrogens (tertiary/aromatic N) is 1. The fraction of sp³-hybridized carbons (Fsp3) is 0.417. The van der Waals surface area contributed by atoms with Gasteiger partial charge in [-0.05, 0) is 12.1 Å². The molecular weight excluding hydrogens is 264 g/mol. The number of hydrogen-bond acceptors (Lipinski definition) is 2. The van der Waals surface area contributed by atoms with Crippen molar-refractivity contribution in [2.45, 2.75) is 6.43 Å². The largest absolute Gasteiger partial charge is 0.484 e. The first-order valence-electron chi connectivity index (χ1n) is 5.43. The molecule has 1 aromatic carbocycles. The lowest BCUT2D eigenvalue weighted by molar-refractivity contribution is -0.135. The molecule has 1 amide bonds. The van der Waals surface area contributed by atoms with Gasteiger partial charge < -0.3 is 9.64 Å². The SMILES string of the molecule is O=C(COc1ccccc1)N(CCCl)CC(F)F. The van der Waals surface area contributed by atoms with Crippen LogP contribution in [-0.2, 0) is 4.79 Å². The molecule has 0 aliphatic heterocycles. The Labute approximate surface area is 109 Å². The van der Waals surface area contributed by atoms with E-state index in [9.17, 15) is 13.6 Å². The highest BCUT2D eigenvalue weighted by Crippen LogP contribution is 2.08. The maximum absolute atomic E-state index is 12.3. The van der Waals surface area contributed by atoms with Crippen molar-refractivity contribution in [1.29, 1.82) is 0 Å². The van der Waals surface area contributed by atoms with E-state index in [1.165, 1.54) is 0 Å². The highest BCUT2D eigenvalue weighted by atomic mass is 35.5. The van der Waals surface area contributed by atoms with Crippen LogP contribution in [0.4, 0.5) is 8.78 Å². The normalized spacial score (nSPS) is 10.4. The second-order valence-electron chi connectivity index (χ2n) is 3.52. The molecule has 0 N–H and O–H groups in total. The number of hydrogen-bond donors (Lipinski definition) is 0. The molecule has 0 aromatic heterocycles. The van der Waals surface area contributed by atoms with Crippen LogP contribution in [0, 0.1) is 0 Å². The van der Waals surface area contributed by atoms with Gasteiger partial charge in [-0.15, -0.1) is 11.6 Å². The van der Waals surface area contributed by atoms with Crippen molar-refractivity contribution in [3.63, 3.8) is 0 Å². The molecule has 0 saturated carbocycles. The van der Waals surface area contributed by atoms with Crippen LogP contribution in [0.2, 0.25) is 0 Å². The predicted molar refractivity (Wildman–Crippen MR) is 65.2 cm³/mol. The summed E-state index contributed by atoms with van der Waals surface area (Å²) in [5.74, 6) is 0.137. The van der Waals surface area contributed by atoms with Gasteiger partial charge in [-0.25, -0.2) is 8.78 Å². The minimum absolute atomic E-state index is 0.0862. The monoisotopic (exact) mass is 277 g/mol. The lowest BCUT2D eigenvalue weighted by Crippen LogP contribution is -2.39. The topological polar surface area (TPSA) is 29.5 Å². The summed E-state index contributed by atoms with van der Waals surface area (Å²) >= 11 is 5.46. The zero-order valence-corrected chi connectivity index (χ0v) is 10.4. The quantitative estimate of drug-likeness (QED) is 0.716. The van der Waals surface area contributed by atoms with E-state index in [1.54, 1.807) is 24.3 Å². The summed E-state index contributed by atoms with van der Waals surface area (Å²) in [6, 6.07) is 8.70. The Morgan fingerprint density at radius 3 is 2.56 bits per heavy atom. The Morgan fingerprint density at radius 2 is 2.00 bits per heavy atom. The number of halogens is 3. The number of carbonyl (C=O) groups excluding carboxylic acids is 1. The van der Waals surface area contributed by atoms with Crippen LogP contribution < -0.4 is 4.74 Å². The van der Waals surface area contributed by atoms with Crippen molar-refractivity contribution < 1.29 is 18.3 Å². The van der Waals surface area contributed by atoms with Gasteiger partial charge >= 0.3 is 0 Å². The third-order valence-electron chi connectivity index (χ3n) is 2.17. The van der Waals surface area contributed by atoms with Crippen LogP contribution in [0.1, 0.15) is 0 Å². The highest BCUT2D eigenvalue weighted by Gasteiger charge is 2.18. The fourth-order valence-electron chi connectivity index (χ4n) is 1.34. The van der Waals surface area contributed by atoms with Crippen LogP contribution in [0.5, 0.6) is 5.75 Å². The van der Waals surface area contributed by atoms with Crippen molar-refractivity contribution >= 4 is 17.5 Å². The number of rotatable bonds is 7. The van der Waals surface area contributed by atoms with E-state index in [1.807, 2.05) is 6.07 Å². The summed E-state index contributed by atoms with van der Waals surface area (Å²) in [5, 5.41) is 0. The molecule has 0 bridgehead atoms. The van der Waals surface area contributed by atoms with Crippen molar-refractivity contribution in [3.05, 3.63) is 30.3 Å². The number of benzene rings is 1. The molecule has 1 rings (SSSR count). The Balaban J connectivity index is 2.46. The Kier molecular flexibility index (Phi) is 6.43. The van der Waals surface area contributed by atoms with Crippen molar-refractivity contribution in [2.24, 2.45) is 0 Å². The highest BCUT2D eigenvalue weighted by molar-refractivity contribution is 6.18. The molecule has 0 spiro atoms. The summed E-state index contributed by atoms with van der Waals surface area (Å²) < 4.78 is 29.7. The third-order valence-corrected chi connectivity index (χ3v) is 2.34. The van der Waals surface area contributed by atoms with Crippen molar-refractivity contribution in [1.82, 2.24) is 4.90 Å². The zero-order chi connectivity index (χ0) is 13.4. The number of ether oxygens (including phenoxy) is 1. The van der Waals surface area contributed by atoms with E-state index in [-0.39, 0.29) is 19.0 Å². The van der Waals surface area contributed by atoms with Gasteiger partial charge in [0.05, 0.1) is 6.54 Å². The summed E-state index contributed by atoms with van der Waals surface area (Å²) in [7, 11) is 0. The number of amides is 1. The fourth-order valence-corrected chi connectivity index (χ4v) is 1.54. The first kappa shape index (κ1) is 14.7. The molecule has 0 atom stereocenters. The molecule has 0 aliphatic rings. The molecular formula is C12H14ClF2NO2. The third kappa shape index (κ3) is 5.31. The summed E-state index contributed by atoms with van der Waals surface area (Å²) in [5.41, 5.74) is 0.